The van der Waals surface area contributed by atoms with E-state index < -0.39 is 41.8 Å². The highest BCUT2D eigenvalue weighted by Gasteiger charge is 2.29. The minimum Gasteiger partial charge on any atom is -0.467 e. The van der Waals surface area contributed by atoms with Crippen LogP contribution in [0.25, 0.3) is 0 Å². The number of nitrogens with one attached hydrogen (secondary N) is 3. The van der Waals surface area contributed by atoms with E-state index in [0.29, 0.717) is 12.8 Å². The van der Waals surface area contributed by atoms with E-state index in [4.69, 9.17) is 4.74 Å². The van der Waals surface area contributed by atoms with Gasteiger partial charge in [-0.3, -0.25) is 14.4 Å². The van der Waals surface area contributed by atoms with Crippen LogP contribution in [-0.4, -0.2) is 48.9 Å². The van der Waals surface area contributed by atoms with Crippen molar-refractivity contribution in [3.63, 3.8) is 0 Å². The molecule has 3 atom stereocenters. The number of carbonyl (C=O) groups is 4. The van der Waals surface area contributed by atoms with E-state index in [1.54, 1.807) is 0 Å². The molecule has 0 unspecified atom stereocenters. The van der Waals surface area contributed by atoms with Crippen LogP contribution in [0.4, 0.5) is 0 Å². The summed E-state index contributed by atoms with van der Waals surface area (Å²) in [7, 11) is 1.26. The molecule has 8 nitrogen and oxygen atoms in total. The lowest BCUT2D eigenvalue weighted by molar-refractivity contribution is -0.146. The Balaban J connectivity index is 5.16. The van der Waals surface area contributed by atoms with Gasteiger partial charge >= 0.3 is 5.97 Å². The van der Waals surface area contributed by atoms with Crippen molar-refractivity contribution in [2.75, 3.05) is 7.11 Å². The molecule has 0 spiro atoms. The number of ether oxygens (including phenoxy) is 1. The molecule has 0 fully saturated rings. The normalized spacial score (nSPS) is 14.1. The summed E-state index contributed by atoms with van der Waals surface area (Å²) >= 11 is 0. The predicted octanol–water partition coefficient (Wildman–Crippen LogP) is 0.912. The standard InChI is InChI=1S/C19H33N3O5/c1-8-16(23)20-13(6)17(24)21-14(9-11(2)3)18(25)22-15(10-12(4)5)19(26)27-7/h8,11-15H,1,9-10H2,2-7H3,(H,20,23)(H,21,24)(H,22,25)/t13-,14-,15-/m0/s1. The molecule has 0 aliphatic rings. The van der Waals surface area contributed by atoms with Crippen LogP contribution in [-0.2, 0) is 23.9 Å². The Hall–Kier alpha value is -2.38. The van der Waals surface area contributed by atoms with Crippen molar-refractivity contribution in [2.45, 2.75) is 65.6 Å². The van der Waals surface area contributed by atoms with E-state index in [1.165, 1.54) is 14.0 Å². The number of amides is 3. The molecule has 0 saturated carbocycles. The van der Waals surface area contributed by atoms with E-state index in [9.17, 15) is 19.2 Å². The first-order chi connectivity index (χ1) is 12.5. The summed E-state index contributed by atoms with van der Waals surface area (Å²) in [5.74, 6) is -1.68. The van der Waals surface area contributed by atoms with Crippen LogP contribution >= 0.6 is 0 Å². The molecule has 8 heteroatoms. The maximum Gasteiger partial charge on any atom is 0.328 e. The number of methoxy groups -OCH3 is 1. The molecule has 3 N–H and O–H groups in total. The third kappa shape index (κ3) is 9.77. The largest absolute Gasteiger partial charge is 0.467 e. The van der Waals surface area contributed by atoms with Crippen LogP contribution in [0, 0.1) is 11.8 Å². The van der Waals surface area contributed by atoms with Crippen molar-refractivity contribution in [3.8, 4) is 0 Å². The van der Waals surface area contributed by atoms with Gasteiger partial charge in [0.15, 0.2) is 0 Å². The summed E-state index contributed by atoms with van der Waals surface area (Å²) in [6.07, 6.45) is 1.87. The van der Waals surface area contributed by atoms with E-state index in [-0.39, 0.29) is 11.8 Å². The smallest absolute Gasteiger partial charge is 0.328 e. The Kier molecular flexibility index (Phi) is 11.0. The van der Waals surface area contributed by atoms with Gasteiger partial charge in [-0.2, -0.15) is 0 Å². The number of hydrogen-bond acceptors (Lipinski definition) is 5. The van der Waals surface area contributed by atoms with Crippen molar-refractivity contribution in [1.82, 2.24) is 16.0 Å². The van der Waals surface area contributed by atoms with E-state index in [1.807, 2.05) is 27.7 Å². The minimum absolute atomic E-state index is 0.126. The molecular formula is C19H33N3O5. The van der Waals surface area contributed by atoms with Crippen molar-refractivity contribution in [2.24, 2.45) is 11.8 Å². The highest BCUT2D eigenvalue weighted by molar-refractivity contribution is 5.95. The SMILES string of the molecule is C=CC(=O)N[C@@H](C)C(=O)N[C@@H](CC(C)C)C(=O)N[C@@H](CC(C)C)C(=O)OC. The first-order valence-electron chi connectivity index (χ1n) is 9.13. The zero-order chi connectivity index (χ0) is 21.1. The molecule has 0 heterocycles. The average molecular weight is 383 g/mol. The molecule has 154 valence electrons. The fraction of sp³-hybridized carbons (Fsp3) is 0.684. The summed E-state index contributed by atoms with van der Waals surface area (Å²) < 4.78 is 4.75. The first kappa shape index (κ1) is 24.6. The molecule has 0 saturated heterocycles. The van der Waals surface area contributed by atoms with Gasteiger partial charge in [0.05, 0.1) is 7.11 Å². The molecule has 3 amide bonds. The van der Waals surface area contributed by atoms with Crippen LogP contribution in [0.5, 0.6) is 0 Å². The van der Waals surface area contributed by atoms with Crippen LogP contribution in [0.2, 0.25) is 0 Å². The van der Waals surface area contributed by atoms with Crippen molar-refractivity contribution in [1.29, 1.82) is 0 Å². The maximum atomic E-state index is 12.7. The molecular weight excluding hydrogens is 350 g/mol. The number of esters is 1. The quantitative estimate of drug-likeness (QED) is 0.363. The van der Waals surface area contributed by atoms with Crippen LogP contribution < -0.4 is 16.0 Å². The lowest BCUT2D eigenvalue weighted by Gasteiger charge is -2.25. The summed E-state index contributed by atoms with van der Waals surface area (Å²) in [5, 5.41) is 7.76. The Bertz CT molecular complexity index is 545. The Labute approximate surface area is 161 Å². The molecule has 0 aromatic carbocycles. The number of hydrogen-bond donors (Lipinski definition) is 3. The second-order valence-corrected chi connectivity index (χ2v) is 7.34. The van der Waals surface area contributed by atoms with Crippen LogP contribution in [0.3, 0.4) is 0 Å². The fourth-order valence-electron chi connectivity index (χ4n) is 2.44. The maximum absolute atomic E-state index is 12.7. The molecule has 0 radical (unpaired) electrons. The van der Waals surface area contributed by atoms with Gasteiger partial charge in [-0.1, -0.05) is 34.3 Å². The van der Waals surface area contributed by atoms with Gasteiger partial charge in [0.25, 0.3) is 0 Å². The Morgan fingerprint density at radius 2 is 1.33 bits per heavy atom. The summed E-state index contributed by atoms with van der Waals surface area (Å²) in [4.78, 5) is 48.3. The molecule has 0 aliphatic heterocycles. The molecule has 27 heavy (non-hydrogen) atoms. The van der Waals surface area contributed by atoms with Crippen LogP contribution in [0.1, 0.15) is 47.5 Å². The molecule has 0 rings (SSSR count). The molecule has 0 aliphatic carbocycles. The van der Waals surface area contributed by atoms with Crippen molar-refractivity contribution < 1.29 is 23.9 Å². The van der Waals surface area contributed by atoms with Crippen molar-refractivity contribution >= 4 is 23.7 Å². The number of carbonyl (C=O) groups excluding carboxylic acids is 4. The molecule has 0 aromatic heterocycles. The van der Waals surface area contributed by atoms with Gasteiger partial charge in [0.1, 0.15) is 18.1 Å². The molecule has 0 aromatic rings. The van der Waals surface area contributed by atoms with Gasteiger partial charge in [-0.25, -0.2) is 4.79 Å². The lowest BCUT2D eigenvalue weighted by Crippen LogP contribution is -2.55. The highest BCUT2D eigenvalue weighted by Crippen LogP contribution is 2.09. The lowest BCUT2D eigenvalue weighted by atomic mass is 10.0. The van der Waals surface area contributed by atoms with Gasteiger partial charge in [-0.05, 0) is 37.7 Å². The van der Waals surface area contributed by atoms with Gasteiger partial charge < -0.3 is 20.7 Å². The summed E-state index contributed by atoms with van der Waals surface area (Å²) in [6.45, 7) is 12.5. The zero-order valence-electron chi connectivity index (χ0n) is 17.1. The predicted molar refractivity (Wildman–Crippen MR) is 103 cm³/mol. The van der Waals surface area contributed by atoms with Gasteiger partial charge in [-0.15, -0.1) is 0 Å². The average Bonchev–Trinajstić information content (AvgIpc) is 2.58. The zero-order valence-corrected chi connectivity index (χ0v) is 17.1. The Morgan fingerprint density at radius 3 is 1.78 bits per heavy atom. The second kappa shape index (κ2) is 12.1. The third-order valence-electron chi connectivity index (χ3n) is 3.79. The summed E-state index contributed by atoms with van der Waals surface area (Å²) in [6, 6.07) is -2.45. The van der Waals surface area contributed by atoms with Crippen molar-refractivity contribution in [3.05, 3.63) is 12.7 Å². The summed E-state index contributed by atoms with van der Waals surface area (Å²) in [5.41, 5.74) is 0. The third-order valence-corrected chi connectivity index (χ3v) is 3.79. The second-order valence-electron chi connectivity index (χ2n) is 7.34. The number of rotatable bonds is 11. The topological polar surface area (TPSA) is 114 Å². The van der Waals surface area contributed by atoms with E-state index in [0.717, 1.165) is 6.08 Å². The Morgan fingerprint density at radius 1 is 0.852 bits per heavy atom. The highest BCUT2D eigenvalue weighted by atomic mass is 16.5. The first-order valence-corrected chi connectivity index (χ1v) is 9.13. The monoisotopic (exact) mass is 383 g/mol. The minimum atomic E-state index is -0.833. The van der Waals surface area contributed by atoms with Gasteiger partial charge in [0, 0.05) is 0 Å². The van der Waals surface area contributed by atoms with Gasteiger partial charge in [0.2, 0.25) is 17.7 Å². The fourth-order valence-corrected chi connectivity index (χ4v) is 2.44. The molecule has 0 bridgehead atoms. The van der Waals surface area contributed by atoms with Crippen LogP contribution in [0.15, 0.2) is 12.7 Å². The van der Waals surface area contributed by atoms with E-state index >= 15 is 0 Å². The van der Waals surface area contributed by atoms with E-state index in [2.05, 4.69) is 22.5 Å².